The molecule has 0 spiro atoms. The van der Waals surface area contributed by atoms with Gasteiger partial charge < -0.3 is 10.2 Å². The predicted molar refractivity (Wildman–Crippen MR) is 72.0 cm³/mol. The van der Waals surface area contributed by atoms with Crippen LogP contribution in [0.4, 0.5) is 0 Å². The van der Waals surface area contributed by atoms with E-state index in [1.807, 2.05) is 32.6 Å². The van der Waals surface area contributed by atoms with Crippen LogP contribution in [-0.4, -0.2) is 35.8 Å². The van der Waals surface area contributed by atoms with Crippen molar-refractivity contribution < 1.29 is 9.59 Å². The Morgan fingerprint density at radius 1 is 1.11 bits per heavy atom. The van der Waals surface area contributed by atoms with Crippen LogP contribution in [0.3, 0.4) is 0 Å². The highest BCUT2D eigenvalue weighted by molar-refractivity contribution is 5.88. The van der Waals surface area contributed by atoms with E-state index in [0.717, 1.165) is 25.9 Å². The van der Waals surface area contributed by atoms with Crippen molar-refractivity contribution in [2.45, 2.75) is 53.0 Å². The van der Waals surface area contributed by atoms with Crippen LogP contribution in [0.5, 0.6) is 0 Å². The summed E-state index contributed by atoms with van der Waals surface area (Å²) in [4.78, 5) is 26.0. The lowest BCUT2D eigenvalue weighted by Gasteiger charge is -2.27. The number of carbonyl (C=O) groups excluding carboxylic acids is 2. The molecular formula is C14H26N2O2. The first-order valence-electron chi connectivity index (χ1n) is 7.00. The summed E-state index contributed by atoms with van der Waals surface area (Å²) in [6.07, 6.45) is 2.64. The number of nitrogens with zero attached hydrogens (tertiary/aromatic N) is 1. The summed E-state index contributed by atoms with van der Waals surface area (Å²) in [6.45, 7) is 9.64. The maximum Gasteiger partial charge on any atom is 0.245 e. The van der Waals surface area contributed by atoms with Gasteiger partial charge in [-0.25, -0.2) is 0 Å². The second kappa shape index (κ2) is 6.76. The lowest BCUT2D eigenvalue weighted by atomic mass is 10.0. The van der Waals surface area contributed by atoms with Crippen LogP contribution in [-0.2, 0) is 9.59 Å². The third-order valence-electron chi connectivity index (χ3n) is 3.26. The first-order valence-corrected chi connectivity index (χ1v) is 7.00. The average Bonchev–Trinajstić information content (AvgIpc) is 2.76. The highest BCUT2D eigenvalue weighted by atomic mass is 16.2. The minimum absolute atomic E-state index is 0.0174. The molecule has 2 amide bonds. The van der Waals surface area contributed by atoms with Crippen LogP contribution in [0.25, 0.3) is 0 Å². The molecule has 1 rings (SSSR count). The molecule has 0 saturated carbocycles. The van der Waals surface area contributed by atoms with Gasteiger partial charge in [-0.2, -0.15) is 0 Å². The summed E-state index contributed by atoms with van der Waals surface area (Å²) in [6, 6.07) is -0.366. The van der Waals surface area contributed by atoms with Gasteiger partial charge in [-0.05, 0) is 24.7 Å². The maximum atomic E-state index is 12.3. The SMILES string of the molecule is CC(C)CC(=O)N[C@H](C(=O)N1CCCC1)C(C)C. The number of rotatable bonds is 5. The molecule has 1 aliphatic heterocycles. The molecule has 0 aliphatic carbocycles. The van der Waals surface area contributed by atoms with E-state index in [9.17, 15) is 9.59 Å². The lowest BCUT2D eigenvalue weighted by molar-refractivity contribution is -0.137. The summed E-state index contributed by atoms with van der Waals surface area (Å²) in [5.74, 6) is 0.518. The number of hydrogen-bond donors (Lipinski definition) is 1. The van der Waals surface area contributed by atoms with Gasteiger partial charge in [-0.15, -0.1) is 0 Å². The molecule has 0 aromatic rings. The minimum atomic E-state index is -0.366. The van der Waals surface area contributed by atoms with E-state index in [2.05, 4.69) is 5.32 Å². The van der Waals surface area contributed by atoms with E-state index in [1.54, 1.807) is 0 Å². The summed E-state index contributed by atoms with van der Waals surface area (Å²) in [7, 11) is 0. The molecule has 0 aromatic carbocycles. The highest BCUT2D eigenvalue weighted by Gasteiger charge is 2.29. The molecule has 1 heterocycles. The van der Waals surface area contributed by atoms with Crippen LogP contribution in [0.15, 0.2) is 0 Å². The van der Waals surface area contributed by atoms with Gasteiger partial charge >= 0.3 is 0 Å². The van der Waals surface area contributed by atoms with E-state index >= 15 is 0 Å². The fraction of sp³-hybridized carbons (Fsp3) is 0.857. The van der Waals surface area contributed by atoms with Crippen LogP contribution in [0, 0.1) is 11.8 Å². The predicted octanol–water partition coefficient (Wildman–Crippen LogP) is 1.80. The monoisotopic (exact) mass is 254 g/mol. The van der Waals surface area contributed by atoms with Crippen molar-refractivity contribution in [3.8, 4) is 0 Å². The third-order valence-corrected chi connectivity index (χ3v) is 3.26. The van der Waals surface area contributed by atoms with Gasteiger partial charge in [-0.3, -0.25) is 9.59 Å². The Hall–Kier alpha value is -1.06. The molecule has 0 aromatic heterocycles. The molecule has 4 heteroatoms. The Morgan fingerprint density at radius 2 is 1.67 bits per heavy atom. The van der Waals surface area contributed by atoms with Crippen LogP contribution < -0.4 is 5.32 Å². The zero-order valence-electron chi connectivity index (χ0n) is 12.0. The molecule has 104 valence electrons. The minimum Gasteiger partial charge on any atom is -0.344 e. The van der Waals surface area contributed by atoms with Gasteiger partial charge in [0.25, 0.3) is 0 Å². The fourth-order valence-electron chi connectivity index (χ4n) is 2.25. The number of amides is 2. The standard InChI is InChI=1S/C14H26N2O2/c1-10(2)9-12(17)15-13(11(3)4)14(18)16-7-5-6-8-16/h10-11,13H,5-9H2,1-4H3,(H,15,17)/t13-/m0/s1. The van der Waals surface area contributed by atoms with Gasteiger partial charge in [-0.1, -0.05) is 27.7 Å². The van der Waals surface area contributed by atoms with Crippen LogP contribution >= 0.6 is 0 Å². The largest absolute Gasteiger partial charge is 0.344 e. The first-order chi connectivity index (χ1) is 8.41. The van der Waals surface area contributed by atoms with E-state index in [1.165, 1.54) is 0 Å². The van der Waals surface area contributed by atoms with E-state index < -0.39 is 0 Å². The number of hydrogen-bond acceptors (Lipinski definition) is 2. The van der Waals surface area contributed by atoms with Gasteiger partial charge in [0.05, 0.1) is 0 Å². The van der Waals surface area contributed by atoms with Crippen LogP contribution in [0.2, 0.25) is 0 Å². The van der Waals surface area contributed by atoms with Gasteiger partial charge in [0.2, 0.25) is 11.8 Å². The van der Waals surface area contributed by atoms with Crippen molar-refractivity contribution in [3.63, 3.8) is 0 Å². The molecule has 1 fully saturated rings. The molecular weight excluding hydrogens is 228 g/mol. The smallest absolute Gasteiger partial charge is 0.245 e. The molecule has 0 bridgehead atoms. The Bertz CT molecular complexity index is 294. The van der Waals surface area contributed by atoms with E-state index in [0.29, 0.717) is 12.3 Å². The quantitative estimate of drug-likeness (QED) is 0.813. The normalized spacial score (nSPS) is 17.3. The third kappa shape index (κ3) is 4.31. The second-order valence-corrected chi connectivity index (χ2v) is 5.92. The Balaban J connectivity index is 2.58. The summed E-state index contributed by atoms with van der Waals surface area (Å²) in [5, 5.41) is 2.89. The van der Waals surface area contributed by atoms with Gasteiger partial charge in [0.1, 0.15) is 6.04 Å². The van der Waals surface area contributed by atoms with Crippen molar-refractivity contribution in [1.29, 1.82) is 0 Å². The highest BCUT2D eigenvalue weighted by Crippen LogP contribution is 2.13. The number of likely N-dealkylation sites (tertiary alicyclic amines) is 1. The zero-order valence-corrected chi connectivity index (χ0v) is 12.0. The molecule has 1 atom stereocenters. The molecule has 4 nitrogen and oxygen atoms in total. The lowest BCUT2D eigenvalue weighted by Crippen LogP contribution is -2.50. The number of carbonyl (C=O) groups is 2. The van der Waals surface area contributed by atoms with E-state index in [4.69, 9.17) is 0 Å². The first kappa shape index (κ1) is 15.0. The topological polar surface area (TPSA) is 49.4 Å². The van der Waals surface area contributed by atoms with Crippen molar-refractivity contribution in [2.75, 3.05) is 13.1 Å². The van der Waals surface area contributed by atoms with Gasteiger partial charge in [0, 0.05) is 19.5 Å². The average molecular weight is 254 g/mol. The molecule has 1 aliphatic rings. The van der Waals surface area contributed by atoms with Crippen molar-refractivity contribution in [1.82, 2.24) is 10.2 Å². The molecule has 1 N–H and O–H groups in total. The van der Waals surface area contributed by atoms with Crippen molar-refractivity contribution in [3.05, 3.63) is 0 Å². The van der Waals surface area contributed by atoms with Crippen molar-refractivity contribution >= 4 is 11.8 Å². The molecule has 18 heavy (non-hydrogen) atoms. The van der Waals surface area contributed by atoms with E-state index in [-0.39, 0.29) is 23.8 Å². The van der Waals surface area contributed by atoms with Crippen molar-refractivity contribution in [2.24, 2.45) is 11.8 Å². The Morgan fingerprint density at radius 3 is 2.11 bits per heavy atom. The zero-order chi connectivity index (χ0) is 13.7. The summed E-state index contributed by atoms with van der Waals surface area (Å²) < 4.78 is 0. The Labute approximate surface area is 110 Å². The van der Waals surface area contributed by atoms with Gasteiger partial charge in [0.15, 0.2) is 0 Å². The molecule has 1 saturated heterocycles. The fourth-order valence-corrected chi connectivity index (χ4v) is 2.25. The molecule has 0 radical (unpaired) electrons. The maximum absolute atomic E-state index is 12.3. The number of nitrogens with one attached hydrogen (secondary N) is 1. The summed E-state index contributed by atoms with van der Waals surface area (Å²) >= 11 is 0. The molecule has 0 unspecified atom stereocenters. The Kier molecular flexibility index (Phi) is 5.63. The summed E-state index contributed by atoms with van der Waals surface area (Å²) in [5.41, 5.74) is 0. The second-order valence-electron chi connectivity index (χ2n) is 5.92. The van der Waals surface area contributed by atoms with Crippen LogP contribution in [0.1, 0.15) is 47.0 Å².